The number of rotatable bonds is 6. The van der Waals surface area contributed by atoms with Gasteiger partial charge in [0.05, 0.1) is 18.4 Å². The maximum absolute atomic E-state index is 14.0. The zero-order valence-corrected chi connectivity index (χ0v) is 18.9. The highest BCUT2D eigenvalue weighted by Crippen LogP contribution is 2.28. The van der Waals surface area contributed by atoms with Crippen LogP contribution >= 0.6 is 11.6 Å². The summed E-state index contributed by atoms with van der Waals surface area (Å²) in [6.07, 6.45) is -0.407. The number of aromatic nitrogens is 5. The topological polar surface area (TPSA) is 77.1 Å². The second kappa shape index (κ2) is 9.42. The monoisotopic (exact) mass is 514 g/mol. The van der Waals surface area contributed by atoms with Gasteiger partial charge in [0.1, 0.15) is 27.9 Å². The molecule has 3 aromatic heterocycles. The summed E-state index contributed by atoms with van der Waals surface area (Å²) < 4.78 is 57.0. The molecule has 2 aromatic carbocycles. The number of nitrogens with one attached hydrogen (secondary N) is 1. The molecule has 0 atom stereocenters. The van der Waals surface area contributed by atoms with Gasteiger partial charge in [-0.2, -0.15) is 10.2 Å². The third-order valence-corrected chi connectivity index (χ3v) is 5.62. The lowest BCUT2D eigenvalue weighted by atomic mass is 10.1. The van der Waals surface area contributed by atoms with Gasteiger partial charge in [-0.25, -0.2) is 27.1 Å². The molecular formula is C24H15ClF4N6O. The molecule has 0 aliphatic carbocycles. The van der Waals surface area contributed by atoms with Crippen molar-refractivity contribution in [3.8, 4) is 11.3 Å². The Hall–Kier alpha value is -4.25. The third-order valence-electron chi connectivity index (χ3n) is 5.35. The molecule has 0 fully saturated rings. The molecular weight excluding hydrogens is 500 g/mol. The minimum absolute atomic E-state index is 0.0128. The lowest BCUT2D eigenvalue weighted by Crippen LogP contribution is -2.14. The summed E-state index contributed by atoms with van der Waals surface area (Å²) in [6.45, 7) is 0.0688. The van der Waals surface area contributed by atoms with E-state index in [1.54, 1.807) is 18.2 Å². The van der Waals surface area contributed by atoms with Crippen LogP contribution in [0.2, 0.25) is 5.02 Å². The zero-order valence-electron chi connectivity index (χ0n) is 18.2. The molecule has 0 unspecified atom stereocenters. The summed E-state index contributed by atoms with van der Waals surface area (Å²) in [5.74, 6) is -1.67. The number of nitrogens with zero attached hydrogens (tertiary/aromatic N) is 5. The van der Waals surface area contributed by atoms with E-state index >= 15 is 0 Å². The highest BCUT2D eigenvalue weighted by atomic mass is 35.5. The van der Waals surface area contributed by atoms with Crippen molar-refractivity contribution in [2.24, 2.45) is 0 Å². The largest absolute Gasteiger partial charge is 0.304 e. The van der Waals surface area contributed by atoms with E-state index in [0.29, 0.717) is 11.1 Å². The molecule has 0 saturated carbocycles. The molecule has 1 N–H and O–H groups in total. The van der Waals surface area contributed by atoms with Crippen LogP contribution in [-0.2, 0) is 6.54 Å². The average molecular weight is 515 g/mol. The van der Waals surface area contributed by atoms with Gasteiger partial charge in [-0.05, 0) is 36.4 Å². The number of hydrogen-bond acceptors (Lipinski definition) is 4. The molecule has 36 heavy (non-hydrogen) atoms. The van der Waals surface area contributed by atoms with Crippen LogP contribution in [0.1, 0.15) is 28.0 Å². The Bertz CT molecular complexity index is 1580. The third kappa shape index (κ3) is 4.52. The van der Waals surface area contributed by atoms with Crippen LogP contribution in [-0.4, -0.2) is 30.3 Å². The summed E-state index contributed by atoms with van der Waals surface area (Å²) >= 11 is 6.20. The molecule has 0 bridgehead atoms. The van der Waals surface area contributed by atoms with Gasteiger partial charge in [0.15, 0.2) is 11.5 Å². The van der Waals surface area contributed by atoms with E-state index < -0.39 is 29.7 Å². The highest BCUT2D eigenvalue weighted by Gasteiger charge is 2.23. The number of benzene rings is 2. The molecule has 182 valence electrons. The fraction of sp³-hybridized carbons (Fsp3) is 0.0833. The van der Waals surface area contributed by atoms with Crippen molar-refractivity contribution < 1.29 is 22.4 Å². The van der Waals surface area contributed by atoms with Crippen LogP contribution in [0.3, 0.4) is 0 Å². The van der Waals surface area contributed by atoms with Crippen molar-refractivity contribution >= 4 is 29.0 Å². The number of anilines is 1. The molecule has 5 aromatic rings. The first-order chi connectivity index (χ1) is 17.3. The highest BCUT2D eigenvalue weighted by molar-refractivity contribution is 6.33. The molecule has 0 aliphatic heterocycles. The molecule has 0 saturated heterocycles. The molecule has 12 heteroatoms. The van der Waals surface area contributed by atoms with Crippen molar-refractivity contribution in [1.29, 1.82) is 0 Å². The standard InChI is InChI=1S/C24H15ClF4N6O/c25-17-12-34(11-14-3-1-2-4-18(14)27)33-22(17)32-24(36)16-10-30-35-20(21(28)29)9-19(31-23(16)35)13-5-7-15(26)8-6-13/h1-10,12,21H,11H2,(H,32,33,36). The van der Waals surface area contributed by atoms with E-state index in [-0.39, 0.29) is 34.3 Å². The lowest BCUT2D eigenvalue weighted by Gasteiger charge is -2.08. The predicted octanol–water partition coefficient (Wildman–Crippen LogP) is 5.76. The Morgan fingerprint density at radius 2 is 1.83 bits per heavy atom. The quantitative estimate of drug-likeness (QED) is 0.292. The Kier molecular flexibility index (Phi) is 6.15. The number of hydrogen-bond donors (Lipinski definition) is 1. The number of halogens is 5. The van der Waals surface area contributed by atoms with Crippen molar-refractivity contribution in [3.63, 3.8) is 0 Å². The molecule has 1 amide bonds. The normalized spacial score (nSPS) is 11.4. The molecule has 5 rings (SSSR count). The van der Waals surface area contributed by atoms with E-state index in [1.165, 1.54) is 41.2 Å². The van der Waals surface area contributed by atoms with Crippen LogP contribution in [0.4, 0.5) is 23.4 Å². The molecule has 0 radical (unpaired) electrons. The van der Waals surface area contributed by atoms with Crippen LogP contribution in [0.15, 0.2) is 67.0 Å². The van der Waals surface area contributed by atoms with Crippen LogP contribution in [0, 0.1) is 11.6 Å². The van der Waals surface area contributed by atoms with Crippen LogP contribution in [0.5, 0.6) is 0 Å². The number of carbonyl (C=O) groups excluding carboxylic acids is 1. The Labute approximate surface area is 206 Å². The molecule has 3 heterocycles. The zero-order chi connectivity index (χ0) is 25.4. The van der Waals surface area contributed by atoms with Gasteiger partial charge in [0, 0.05) is 17.3 Å². The minimum Gasteiger partial charge on any atom is -0.304 e. The van der Waals surface area contributed by atoms with E-state index in [4.69, 9.17) is 11.6 Å². The SMILES string of the molecule is O=C(Nc1nn(Cc2ccccc2F)cc1Cl)c1cnn2c(C(F)F)cc(-c3ccc(F)cc3)nc12. The second-order valence-electron chi connectivity index (χ2n) is 7.74. The molecule has 7 nitrogen and oxygen atoms in total. The van der Waals surface area contributed by atoms with Gasteiger partial charge >= 0.3 is 0 Å². The molecule has 0 aliphatic rings. The Morgan fingerprint density at radius 3 is 2.56 bits per heavy atom. The summed E-state index contributed by atoms with van der Waals surface area (Å²) in [7, 11) is 0. The fourth-order valence-electron chi connectivity index (χ4n) is 3.61. The Morgan fingerprint density at radius 1 is 1.08 bits per heavy atom. The van der Waals surface area contributed by atoms with Gasteiger partial charge in [-0.3, -0.25) is 9.48 Å². The van der Waals surface area contributed by atoms with Crippen LogP contribution in [0.25, 0.3) is 16.9 Å². The Balaban J connectivity index is 1.47. The maximum Gasteiger partial charge on any atom is 0.280 e. The number of amides is 1. The van der Waals surface area contributed by atoms with E-state index in [1.807, 2.05) is 0 Å². The average Bonchev–Trinajstić information content (AvgIpc) is 3.43. The first-order valence-electron chi connectivity index (χ1n) is 10.5. The smallest absolute Gasteiger partial charge is 0.280 e. The number of alkyl halides is 2. The molecule has 0 spiro atoms. The summed E-state index contributed by atoms with van der Waals surface area (Å²) in [4.78, 5) is 17.3. The minimum atomic E-state index is -2.92. The summed E-state index contributed by atoms with van der Waals surface area (Å²) in [6, 6.07) is 12.4. The van der Waals surface area contributed by atoms with Gasteiger partial charge < -0.3 is 5.32 Å². The van der Waals surface area contributed by atoms with Crippen molar-refractivity contribution in [1.82, 2.24) is 24.4 Å². The lowest BCUT2D eigenvalue weighted by molar-refractivity contribution is 0.102. The first kappa shape index (κ1) is 23.5. The van der Waals surface area contributed by atoms with Gasteiger partial charge in [0.2, 0.25) is 0 Å². The van der Waals surface area contributed by atoms with E-state index in [0.717, 1.165) is 16.8 Å². The predicted molar refractivity (Wildman–Crippen MR) is 124 cm³/mol. The fourth-order valence-corrected chi connectivity index (χ4v) is 3.81. The van der Waals surface area contributed by atoms with Gasteiger partial charge in [-0.15, -0.1) is 0 Å². The van der Waals surface area contributed by atoms with E-state index in [2.05, 4.69) is 20.5 Å². The van der Waals surface area contributed by atoms with Crippen molar-refractivity contribution in [2.45, 2.75) is 13.0 Å². The second-order valence-corrected chi connectivity index (χ2v) is 8.14. The first-order valence-corrected chi connectivity index (χ1v) is 10.9. The van der Waals surface area contributed by atoms with Crippen molar-refractivity contribution in [3.05, 3.63) is 100 Å². The maximum atomic E-state index is 14.0. The summed E-state index contributed by atoms with van der Waals surface area (Å²) in [5, 5.41) is 10.7. The number of carbonyl (C=O) groups is 1. The summed E-state index contributed by atoms with van der Waals surface area (Å²) in [5.41, 5.74) is 0.120. The van der Waals surface area contributed by atoms with E-state index in [9.17, 15) is 22.4 Å². The van der Waals surface area contributed by atoms with Gasteiger partial charge in [-0.1, -0.05) is 29.8 Å². The van der Waals surface area contributed by atoms with Crippen molar-refractivity contribution in [2.75, 3.05) is 5.32 Å². The number of fused-ring (bicyclic) bond motifs is 1. The van der Waals surface area contributed by atoms with Gasteiger partial charge in [0.25, 0.3) is 12.3 Å². The van der Waals surface area contributed by atoms with Crippen LogP contribution < -0.4 is 5.32 Å².